The lowest BCUT2D eigenvalue weighted by Crippen LogP contribution is -2.48. The minimum Gasteiger partial charge on any atom is -0.326 e. The van der Waals surface area contributed by atoms with Crippen LogP contribution < -0.4 is 10.6 Å². The minimum atomic E-state index is 0.0801. The molecule has 1 aliphatic rings. The lowest BCUT2D eigenvalue weighted by atomic mass is 9.88. The van der Waals surface area contributed by atoms with Crippen LogP contribution >= 0.6 is 11.8 Å². The van der Waals surface area contributed by atoms with Crippen LogP contribution in [-0.4, -0.2) is 25.3 Å². The van der Waals surface area contributed by atoms with Crippen molar-refractivity contribution in [1.82, 2.24) is 5.32 Å². The van der Waals surface area contributed by atoms with E-state index in [1.54, 1.807) is 11.8 Å². The summed E-state index contributed by atoms with van der Waals surface area (Å²) in [6.07, 6.45) is 2.04. The molecule has 4 heteroatoms. The van der Waals surface area contributed by atoms with Crippen LogP contribution in [0.15, 0.2) is 29.2 Å². The molecule has 0 radical (unpaired) electrons. The predicted octanol–water partition coefficient (Wildman–Crippen LogP) is 2.20. The van der Waals surface area contributed by atoms with Gasteiger partial charge in [0, 0.05) is 16.5 Å². The molecule has 0 spiro atoms. The number of carbonyl (C=O) groups excluding carboxylic acids is 1. The highest BCUT2D eigenvalue weighted by Crippen LogP contribution is 2.20. The number of rotatable bonds is 4. The Morgan fingerprint density at radius 1 is 1.41 bits per heavy atom. The molecule has 1 fully saturated rings. The number of hydrogen-bond donors (Lipinski definition) is 2. The van der Waals surface area contributed by atoms with Crippen LogP contribution in [-0.2, 0) is 4.79 Å². The molecular formula is C13H18N2OS. The minimum absolute atomic E-state index is 0.0801. The van der Waals surface area contributed by atoms with Gasteiger partial charge in [-0.15, -0.1) is 11.8 Å². The monoisotopic (exact) mass is 250 g/mol. The second-order valence-electron chi connectivity index (χ2n) is 4.42. The molecule has 1 atom stereocenters. The number of thioether (sulfide) groups is 1. The van der Waals surface area contributed by atoms with Gasteiger partial charge in [0.25, 0.3) is 0 Å². The summed E-state index contributed by atoms with van der Waals surface area (Å²) >= 11 is 1.70. The molecule has 1 amide bonds. The summed E-state index contributed by atoms with van der Waals surface area (Å²) in [5.41, 5.74) is 0.881. The third-order valence-corrected chi connectivity index (χ3v) is 4.03. The Morgan fingerprint density at radius 3 is 2.53 bits per heavy atom. The number of hydrogen-bond acceptors (Lipinski definition) is 3. The van der Waals surface area contributed by atoms with Gasteiger partial charge in [-0.05, 0) is 49.5 Å². The van der Waals surface area contributed by atoms with Crippen LogP contribution in [0, 0.1) is 11.8 Å². The number of amides is 1. The fraction of sp³-hybridized carbons (Fsp3) is 0.462. The molecule has 17 heavy (non-hydrogen) atoms. The Hall–Kier alpha value is -1.00. The third-order valence-electron chi connectivity index (χ3n) is 3.29. The normalized spacial score (nSPS) is 17.3. The number of nitrogens with one attached hydrogen (secondary N) is 2. The Bertz CT molecular complexity index is 387. The van der Waals surface area contributed by atoms with Crippen LogP contribution in [0.4, 0.5) is 5.69 Å². The maximum atomic E-state index is 12.0. The smallest absolute Gasteiger partial charge is 0.227 e. The van der Waals surface area contributed by atoms with Crippen molar-refractivity contribution in [3.63, 3.8) is 0 Å². The van der Waals surface area contributed by atoms with Gasteiger partial charge >= 0.3 is 0 Å². The van der Waals surface area contributed by atoms with Gasteiger partial charge in [0.05, 0.1) is 0 Å². The molecular weight excluding hydrogens is 232 g/mol. The van der Waals surface area contributed by atoms with Gasteiger partial charge in [0.2, 0.25) is 5.91 Å². The molecule has 1 unspecified atom stereocenters. The van der Waals surface area contributed by atoms with Crippen molar-refractivity contribution in [3.8, 4) is 0 Å². The second-order valence-corrected chi connectivity index (χ2v) is 5.30. The van der Waals surface area contributed by atoms with Crippen molar-refractivity contribution in [2.75, 3.05) is 24.7 Å². The molecule has 0 aromatic heterocycles. The highest BCUT2D eigenvalue weighted by Gasteiger charge is 2.28. The zero-order valence-electron chi connectivity index (χ0n) is 10.2. The fourth-order valence-electron chi connectivity index (χ4n) is 1.81. The van der Waals surface area contributed by atoms with Crippen molar-refractivity contribution in [3.05, 3.63) is 24.3 Å². The van der Waals surface area contributed by atoms with E-state index in [0.29, 0.717) is 5.92 Å². The summed E-state index contributed by atoms with van der Waals surface area (Å²) < 4.78 is 0. The van der Waals surface area contributed by atoms with Crippen LogP contribution in [0.2, 0.25) is 0 Å². The lowest BCUT2D eigenvalue weighted by Gasteiger charge is -2.31. The van der Waals surface area contributed by atoms with Crippen molar-refractivity contribution in [2.45, 2.75) is 11.8 Å². The van der Waals surface area contributed by atoms with Gasteiger partial charge in [-0.3, -0.25) is 4.79 Å². The maximum absolute atomic E-state index is 12.0. The predicted molar refractivity (Wildman–Crippen MR) is 72.4 cm³/mol. The summed E-state index contributed by atoms with van der Waals surface area (Å²) in [7, 11) is 0. The first-order valence-corrected chi connectivity index (χ1v) is 7.09. The summed E-state index contributed by atoms with van der Waals surface area (Å²) in [4.78, 5) is 13.2. The molecule has 1 aromatic rings. The number of anilines is 1. The van der Waals surface area contributed by atoms with Gasteiger partial charge in [-0.2, -0.15) is 0 Å². The topological polar surface area (TPSA) is 41.1 Å². The molecule has 1 saturated heterocycles. The average Bonchev–Trinajstić information content (AvgIpc) is 2.27. The van der Waals surface area contributed by atoms with Crippen LogP contribution in [0.25, 0.3) is 0 Å². The highest BCUT2D eigenvalue weighted by atomic mass is 32.2. The van der Waals surface area contributed by atoms with Crippen LogP contribution in [0.3, 0.4) is 0 Å². The number of benzene rings is 1. The van der Waals surface area contributed by atoms with E-state index in [9.17, 15) is 4.79 Å². The molecule has 0 aliphatic carbocycles. The first-order valence-electron chi connectivity index (χ1n) is 5.86. The average molecular weight is 250 g/mol. The quantitative estimate of drug-likeness (QED) is 0.805. The molecule has 1 heterocycles. The van der Waals surface area contributed by atoms with Crippen molar-refractivity contribution in [2.24, 2.45) is 11.8 Å². The van der Waals surface area contributed by atoms with E-state index in [4.69, 9.17) is 0 Å². The molecule has 2 N–H and O–H groups in total. The van der Waals surface area contributed by atoms with E-state index >= 15 is 0 Å². The van der Waals surface area contributed by atoms with Crippen molar-refractivity contribution >= 4 is 23.4 Å². The molecule has 3 nitrogen and oxygen atoms in total. The van der Waals surface area contributed by atoms with Gasteiger partial charge in [-0.1, -0.05) is 6.92 Å². The van der Waals surface area contributed by atoms with Crippen LogP contribution in [0.5, 0.6) is 0 Å². The van der Waals surface area contributed by atoms with Gasteiger partial charge in [0.15, 0.2) is 0 Å². The lowest BCUT2D eigenvalue weighted by molar-refractivity contribution is -0.121. The van der Waals surface area contributed by atoms with E-state index in [2.05, 4.69) is 10.6 Å². The summed E-state index contributed by atoms with van der Waals surface area (Å²) in [6.45, 7) is 3.91. The molecule has 2 rings (SSSR count). The Morgan fingerprint density at radius 2 is 2.06 bits per heavy atom. The van der Waals surface area contributed by atoms with E-state index < -0.39 is 0 Å². The van der Waals surface area contributed by atoms with Gasteiger partial charge in [0.1, 0.15) is 0 Å². The Labute approximate surface area is 106 Å². The first-order chi connectivity index (χ1) is 8.20. The first kappa shape index (κ1) is 12.5. The van der Waals surface area contributed by atoms with E-state index in [0.717, 1.165) is 18.8 Å². The number of carbonyl (C=O) groups is 1. The Kier molecular flexibility index (Phi) is 4.07. The molecule has 1 aromatic carbocycles. The molecule has 92 valence electrons. The summed E-state index contributed by atoms with van der Waals surface area (Å²) in [5.74, 6) is 0.686. The maximum Gasteiger partial charge on any atom is 0.227 e. The largest absolute Gasteiger partial charge is 0.326 e. The molecule has 0 bridgehead atoms. The molecule has 0 saturated carbocycles. The third kappa shape index (κ3) is 3.01. The standard InChI is InChI=1S/C13H18N2OS/c1-9(10-7-14-8-10)13(16)15-11-3-5-12(17-2)6-4-11/h3-6,9-10,14H,7-8H2,1-2H3,(H,15,16). The highest BCUT2D eigenvalue weighted by molar-refractivity contribution is 7.98. The van der Waals surface area contributed by atoms with E-state index in [-0.39, 0.29) is 11.8 Å². The fourth-order valence-corrected chi connectivity index (χ4v) is 2.22. The molecule has 1 aliphatic heterocycles. The zero-order chi connectivity index (χ0) is 12.3. The van der Waals surface area contributed by atoms with Gasteiger partial charge < -0.3 is 10.6 Å². The zero-order valence-corrected chi connectivity index (χ0v) is 11.0. The van der Waals surface area contributed by atoms with Crippen molar-refractivity contribution in [1.29, 1.82) is 0 Å². The second kappa shape index (κ2) is 5.56. The van der Waals surface area contributed by atoms with E-state index in [1.807, 2.05) is 37.4 Å². The SMILES string of the molecule is CSc1ccc(NC(=O)C(C)C2CNC2)cc1. The summed E-state index contributed by atoms with van der Waals surface area (Å²) in [6, 6.07) is 7.96. The van der Waals surface area contributed by atoms with Crippen LogP contribution in [0.1, 0.15) is 6.92 Å². The van der Waals surface area contributed by atoms with Gasteiger partial charge in [-0.25, -0.2) is 0 Å². The summed E-state index contributed by atoms with van der Waals surface area (Å²) in [5, 5.41) is 6.16. The van der Waals surface area contributed by atoms with E-state index in [1.165, 1.54) is 4.90 Å². The Balaban J connectivity index is 1.92. The van der Waals surface area contributed by atoms with Crippen molar-refractivity contribution < 1.29 is 4.79 Å².